The smallest absolute Gasteiger partial charge is 0.335 e. The van der Waals surface area contributed by atoms with Gasteiger partial charge in [0.05, 0.1) is 12.0 Å². The summed E-state index contributed by atoms with van der Waals surface area (Å²) in [6, 6.07) is 0. The minimum absolute atomic E-state index is 0.604. The van der Waals surface area contributed by atoms with Gasteiger partial charge in [-0.2, -0.15) is 0 Å². The molecule has 1 heterocycles. The Bertz CT molecular complexity index is 307. The SMILES string of the molecule is O=C1CC(C(=O)O)=C(F)C(=O)N1. The minimum Gasteiger partial charge on any atom is -0.478 e. The van der Waals surface area contributed by atoms with Gasteiger partial charge in [0.15, 0.2) is 5.83 Å². The quantitative estimate of drug-likeness (QED) is 0.515. The van der Waals surface area contributed by atoms with E-state index in [1.807, 2.05) is 0 Å². The van der Waals surface area contributed by atoms with Crippen LogP contribution in [-0.4, -0.2) is 22.9 Å². The van der Waals surface area contributed by atoms with Crippen LogP contribution in [0.25, 0.3) is 0 Å². The van der Waals surface area contributed by atoms with E-state index in [2.05, 4.69) is 0 Å². The summed E-state index contributed by atoms with van der Waals surface area (Å²) in [6.07, 6.45) is -0.604. The molecule has 1 rings (SSSR count). The normalized spacial score (nSPS) is 17.8. The van der Waals surface area contributed by atoms with E-state index in [9.17, 15) is 18.8 Å². The molecule has 0 aromatic heterocycles. The van der Waals surface area contributed by atoms with Crippen LogP contribution < -0.4 is 5.32 Å². The fourth-order valence-electron chi connectivity index (χ4n) is 0.770. The zero-order valence-corrected chi connectivity index (χ0v) is 5.76. The summed E-state index contributed by atoms with van der Waals surface area (Å²) in [5.74, 6) is -5.08. The first kappa shape index (κ1) is 8.38. The Morgan fingerprint density at radius 2 is 2.08 bits per heavy atom. The number of imide groups is 1. The summed E-state index contributed by atoms with van der Waals surface area (Å²) in [5, 5.41) is 9.95. The Morgan fingerprint density at radius 3 is 2.58 bits per heavy atom. The molecule has 0 bridgehead atoms. The monoisotopic (exact) mass is 173 g/mol. The number of amides is 2. The molecule has 0 atom stereocenters. The Hall–Kier alpha value is -1.72. The number of hydrogen-bond donors (Lipinski definition) is 2. The highest BCUT2D eigenvalue weighted by Crippen LogP contribution is 2.15. The molecular formula is C6H4FNO4. The summed E-state index contributed by atoms with van der Waals surface area (Å²) in [5.41, 5.74) is -0.788. The van der Waals surface area contributed by atoms with Crippen molar-refractivity contribution in [3.05, 3.63) is 11.4 Å². The molecule has 5 nitrogen and oxygen atoms in total. The first-order chi connectivity index (χ1) is 5.52. The summed E-state index contributed by atoms with van der Waals surface area (Å²) >= 11 is 0. The summed E-state index contributed by atoms with van der Waals surface area (Å²) < 4.78 is 12.6. The second-order valence-corrected chi connectivity index (χ2v) is 2.15. The highest BCUT2D eigenvalue weighted by Gasteiger charge is 2.29. The van der Waals surface area contributed by atoms with Gasteiger partial charge in [0, 0.05) is 0 Å². The first-order valence-corrected chi connectivity index (χ1v) is 2.98. The Labute approximate surface area is 65.9 Å². The zero-order chi connectivity index (χ0) is 9.30. The molecule has 0 aromatic rings. The molecule has 2 N–H and O–H groups in total. The molecule has 1 aliphatic heterocycles. The van der Waals surface area contributed by atoms with Crippen LogP contribution in [0.15, 0.2) is 11.4 Å². The third kappa shape index (κ3) is 1.31. The fraction of sp³-hybridized carbons (Fsp3) is 0.167. The van der Waals surface area contributed by atoms with E-state index in [0.29, 0.717) is 0 Å². The molecule has 0 saturated heterocycles. The van der Waals surface area contributed by atoms with Crippen molar-refractivity contribution in [2.24, 2.45) is 0 Å². The molecule has 1 aliphatic rings. The molecule has 0 aromatic carbocycles. The van der Waals surface area contributed by atoms with E-state index in [1.54, 1.807) is 5.32 Å². The maximum Gasteiger partial charge on any atom is 0.335 e. The van der Waals surface area contributed by atoms with Gasteiger partial charge in [-0.15, -0.1) is 0 Å². The Kier molecular flexibility index (Phi) is 1.90. The number of carbonyl (C=O) groups is 3. The van der Waals surface area contributed by atoms with Crippen LogP contribution in [0.3, 0.4) is 0 Å². The van der Waals surface area contributed by atoms with Crippen molar-refractivity contribution in [1.29, 1.82) is 0 Å². The lowest BCUT2D eigenvalue weighted by Gasteiger charge is -2.10. The molecule has 0 fully saturated rings. The van der Waals surface area contributed by atoms with Crippen molar-refractivity contribution in [2.75, 3.05) is 0 Å². The molecule has 0 radical (unpaired) electrons. The number of carboxylic acids is 1. The van der Waals surface area contributed by atoms with Gasteiger partial charge in [-0.1, -0.05) is 0 Å². The summed E-state index contributed by atoms with van der Waals surface area (Å²) in [4.78, 5) is 31.3. The third-order valence-corrected chi connectivity index (χ3v) is 1.31. The Morgan fingerprint density at radius 1 is 1.50 bits per heavy atom. The second-order valence-electron chi connectivity index (χ2n) is 2.15. The highest BCUT2D eigenvalue weighted by atomic mass is 19.1. The van der Waals surface area contributed by atoms with E-state index in [0.717, 1.165) is 0 Å². The van der Waals surface area contributed by atoms with Crippen molar-refractivity contribution in [1.82, 2.24) is 5.32 Å². The Balaban J connectivity index is 3.09. The average molecular weight is 173 g/mol. The highest BCUT2D eigenvalue weighted by molar-refractivity contribution is 6.13. The summed E-state index contributed by atoms with van der Waals surface area (Å²) in [7, 11) is 0. The number of carbonyl (C=O) groups excluding carboxylic acids is 2. The standard InChI is InChI=1S/C6H4FNO4/c7-4-2(6(11)12)1-3(9)8-5(4)10/h1H2,(H,11,12)(H,8,9,10). The predicted octanol–water partition coefficient (Wildman–Crippen LogP) is -0.659. The van der Waals surface area contributed by atoms with Crippen LogP contribution >= 0.6 is 0 Å². The van der Waals surface area contributed by atoms with Crippen LogP contribution in [0, 0.1) is 0 Å². The van der Waals surface area contributed by atoms with Gasteiger partial charge in [-0.25, -0.2) is 9.18 Å². The van der Waals surface area contributed by atoms with Gasteiger partial charge in [0.1, 0.15) is 0 Å². The number of carboxylic acid groups (broad SMARTS) is 1. The van der Waals surface area contributed by atoms with Gasteiger partial charge in [-0.3, -0.25) is 14.9 Å². The van der Waals surface area contributed by atoms with Gasteiger partial charge in [0.2, 0.25) is 5.91 Å². The van der Waals surface area contributed by atoms with Crippen LogP contribution in [-0.2, 0) is 14.4 Å². The van der Waals surface area contributed by atoms with Crippen LogP contribution in [0.4, 0.5) is 4.39 Å². The average Bonchev–Trinajstić information content (AvgIpc) is 1.96. The van der Waals surface area contributed by atoms with E-state index < -0.39 is 35.6 Å². The molecule has 6 heteroatoms. The fourth-order valence-corrected chi connectivity index (χ4v) is 0.770. The van der Waals surface area contributed by atoms with E-state index in [-0.39, 0.29) is 0 Å². The lowest BCUT2D eigenvalue weighted by molar-refractivity contribution is -0.137. The van der Waals surface area contributed by atoms with Crippen molar-refractivity contribution in [3.8, 4) is 0 Å². The van der Waals surface area contributed by atoms with E-state index >= 15 is 0 Å². The van der Waals surface area contributed by atoms with Crippen molar-refractivity contribution >= 4 is 17.8 Å². The molecule has 0 saturated carbocycles. The van der Waals surface area contributed by atoms with Gasteiger partial charge < -0.3 is 5.11 Å². The molecule has 12 heavy (non-hydrogen) atoms. The number of rotatable bonds is 1. The second kappa shape index (κ2) is 2.72. The summed E-state index contributed by atoms with van der Waals surface area (Å²) in [6.45, 7) is 0. The maximum absolute atomic E-state index is 12.6. The van der Waals surface area contributed by atoms with Crippen LogP contribution in [0.1, 0.15) is 6.42 Å². The molecule has 0 spiro atoms. The van der Waals surface area contributed by atoms with Crippen molar-refractivity contribution in [3.63, 3.8) is 0 Å². The number of aliphatic carboxylic acids is 1. The maximum atomic E-state index is 12.6. The largest absolute Gasteiger partial charge is 0.478 e. The molecule has 0 unspecified atom stereocenters. The van der Waals surface area contributed by atoms with E-state index in [4.69, 9.17) is 5.11 Å². The minimum atomic E-state index is -1.59. The zero-order valence-electron chi connectivity index (χ0n) is 5.76. The number of halogens is 1. The number of hydrogen-bond acceptors (Lipinski definition) is 3. The van der Waals surface area contributed by atoms with Gasteiger partial charge >= 0.3 is 5.97 Å². The van der Waals surface area contributed by atoms with Crippen molar-refractivity contribution in [2.45, 2.75) is 6.42 Å². The van der Waals surface area contributed by atoms with Crippen LogP contribution in [0.5, 0.6) is 0 Å². The lowest BCUT2D eigenvalue weighted by Crippen LogP contribution is -2.37. The first-order valence-electron chi connectivity index (χ1n) is 2.98. The molecule has 64 valence electrons. The van der Waals surface area contributed by atoms with Crippen LogP contribution in [0.2, 0.25) is 0 Å². The molecular weight excluding hydrogens is 169 g/mol. The topological polar surface area (TPSA) is 83.5 Å². The van der Waals surface area contributed by atoms with Crippen molar-refractivity contribution < 1.29 is 23.9 Å². The third-order valence-electron chi connectivity index (χ3n) is 1.31. The van der Waals surface area contributed by atoms with Gasteiger partial charge in [-0.05, 0) is 0 Å². The lowest BCUT2D eigenvalue weighted by atomic mass is 10.1. The predicted molar refractivity (Wildman–Crippen MR) is 33.5 cm³/mol. The van der Waals surface area contributed by atoms with Gasteiger partial charge in [0.25, 0.3) is 5.91 Å². The molecule has 2 amide bonds. The molecule has 0 aliphatic carbocycles. The number of nitrogens with one attached hydrogen (secondary N) is 1. The van der Waals surface area contributed by atoms with E-state index in [1.165, 1.54) is 0 Å².